The molecule has 3 heterocycles. The van der Waals surface area contributed by atoms with E-state index in [1.165, 1.54) is 24.1 Å². The third-order valence-electron chi connectivity index (χ3n) is 5.47. The summed E-state index contributed by atoms with van der Waals surface area (Å²) in [4.78, 5) is 17.4. The van der Waals surface area contributed by atoms with Crippen LogP contribution < -0.4 is 11.1 Å². The molecule has 2 aliphatic rings. The third-order valence-corrected chi connectivity index (χ3v) is 5.47. The molecule has 5 heteroatoms. The van der Waals surface area contributed by atoms with Gasteiger partial charge in [0.25, 0.3) is 0 Å². The Labute approximate surface area is 142 Å². The zero-order chi connectivity index (χ0) is 16.5. The number of nitrogens with two attached hydrogens (primary N) is 1. The van der Waals surface area contributed by atoms with Crippen molar-refractivity contribution >= 4 is 5.91 Å². The minimum Gasteiger partial charge on any atom is -0.366 e. The van der Waals surface area contributed by atoms with E-state index in [0.717, 1.165) is 31.7 Å². The van der Waals surface area contributed by atoms with Crippen molar-refractivity contribution in [2.24, 2.45) is 11.7 Å². The number of hydrogen-bond donors (Lipinski definition) is 3. The number of H-pyrrole nitrogens is 1. The van der Waals surface area contributed by atoms with E-state index in [1.807, 2.05) is 18.3 Å². The highest BCUT2D eigenvalue weighted by Gasteiger charge is 2.33. The summed E-state index contributed by atoms with van der Waals surface area (Å²) in [5.41, 5.74) is 9.84. The summed E-state index contributed by atoms with van der Waals surface area (Å²) in [7, 11) is 0. The highest BCUT2D eigenvalue weighted by molar-refractivity contribution is 5.94. The quantitative estimate of drug-likeness (QED) is 0.807. The van der Waals surface area contributed by atoms with E-state index in [-0.39, 0.29) is 5.91 Å². The lowest BCUT2D eigenvalue weighted by Crippen LogP contribution is -2.37. The number of hydrogen-bond acceptors (Lipinski definition) is 3. The molecular formula is C19H24N4O. The standard InChI is InChI=1S/C19H24N4O/c20-19(24)16-5-1-4-15-17(16)11-22-18(15)13-6-9-23(10-7-13)12-14-3-2-8-21-14/h1-5,8,13,18,21-22H,6-7,9-12H2,(H2,20,24). The Morgan fingerprint density at radius 3 is 2.75 bits per heavy atom. The van der Waals surface area contributed by atoms with Gasteiger partial charge in [-0.3, -0.25) is 9.69 Å². The minimum absolute atomic E-state index is 0.324. The predicted molar refractivity (Wildman–Crippen MR) is 93.3 cm³/mol. The summed E-state index contributed by atoms with van der Waals surface area (Å²) < 4.78 is 0. The van der Waals surface area contributed by atoms with E-state index in [9.17, 15) is 4.79 Å². The molecule has 2 aliphatic heterocycles. The van der Waals surface area contributed by atoms with Crippen LogP contribution in [0, 0.1) is 5.92 Å². The second-order valence-electron chi connectivity index (χ2n) is 6.91. The number of carbonyl (C=O) groups is 1. The number of nitrogens with one attached hydrogen (secondary N) is 2. The Morgan fingerprint density at radius 2 is 2.04 bits per heavy atom. The van der Waals surface area contributed by atoms with Gasteiger partial charge in [-0.15, -0.1) is 0 Å². The fraction of sp³-hybridized carbons (Fsp3) is 0.421. The van der Waals surface area contributed by atoms with Crippen molar-refractivity contribution in [1.29, 1.82) is 0 Å². The van der Waals surface area contributed by atoms with Crippen LogP contribution in [0.2, 0.25) is 0 Å². The van der Waals surface area contributed by atoms with E-state index < -0.39 is 0 Å². The van der Waals surface area contributed by atoms with Crippen LogP contribution >= 0.6 is 0 Å². The van der Waals surface area contributed by atoms with Gasteiger partial charge in [0.15, 0.2) is 0 Å². The molecule has 24 heavy (non-hydrogen) atoms. The fourth-order valence-electron chi connectivity index (χ4n) is 4.22. The zero-order valence-corrected chi connectivity index (χ0v) is 13.8. The van der Waals surface area contributed by atoms with Crippen LogP contribution in [0.4, 0.5) is 0 Å². The molecule has 1 fully saturated rings. The molecule has 1 aromatic heterocycles. The Hall–Kier alpha value is -2.11. The van der Waals surface area contributed by atoms with Crippen molar-refractivity contribution in [3.63, 3.8) is 0 Å². The van der Waals surface area contributed by atoms with E-state index in [4.69, 9.17) is 5.73 Å². The van der Waals surface area contributed by atoms with Gasteiger partial charge in [-0.25, -0.2) is 0 Å². The second kappa shape index (κ2) is 6.42. The lowest BCUT2D eigenvalue weighted by molar-refractivity contribution is 0.0999. The van der Waals surface area contributed by atoms with Gasteiger partial charge in [-0.1, -0.05) is 12.1 Å². The van der Waals surface area contributed by atoms with Gasteiger partial charge in [-0.2, -0.15) is 0 Å². The number of primary amides is 1. The summed E-state index contributed by atoms with van der Waals surface area (Å²) in [5, 5.41) is 3.61. The van der Waals surface area contributed by atoms with Crippen molar-refractivity contribution in [3.8, 4) is 0 Å². The van der Waals surface area contributed by atoms with Gasteiger partial charge in [0, 0.05) is 36.6 Å². The Bertz CT molecular complexity index is 717. The molecule has 4 N–H and O–H groups in total. The van der Waals surface area contributed by atoms with E-state index in [0.29, 0.717) is 17.5 Å². The monoisotopic (exact) mass is 324 g/mol. The van der Waals surface area contributed by atoms with Gasteiger partial charge in [-0.05, 0) is 61.2 Å². The molecule has 0 radical (unpaired) electrons. The molecule has 0 saturated carbocycles. The van der Waals surface area contributed by atoms with Crippen molar-refractivity contribution in [3.05, 3.63) is 58.9 Å². The van der Waals surface area contributed by atoms with Crippen LogP contribution in [0.5, 0.6) is 0 Å². The SMILES string of the molecule is NC(=O)c1cccc2c1CNC2C1CCN(Cc2ccc[nH]2)CC1. The number of benzene rings is 1. The first-order chi connectivity index (χ1) is 11.7. The largest absolute Gasteiger partial charge is 0.366 e. The Balaban J connectivity index is 1.43. The minimum atomic E-state index is -0.324. The first kappa shape index (κ1) is 15.4. The van der Waals surface area contributed by atoms with Crippen molar-refractivity contribution in [2.75, 3.05) is 13.1 Å². The highest BCUT2D eigenvalue weighted by Crippen LogP contribution is 2.37. The highest BCUT2D eigenvalue weighted by atomic mass is 16.1. The summed E-state index contributed by atoms with van der Waals surface area (Å²) >= 11 is 0. The summed E-state index contributed by atoms with van der Waals surface area (Å²) in [5.74, 6) is 0.296. The van der Waals surface area contributed by atoms with Gasteiger partial charge in [0.1, 0.15) is 0 Å². The van der Waals surface area contributed by atoms with Crippen LogP contribution in [0.1, 0.15) is 46.1 Å². The van der Waals surface area contributed by atoms with Gasteiger partial charge >= 0.3 is 0 Å². The second-order valence-corrected chi connectivity index (χ2v) is 6.91. The maximum Gasteiger partial charge on any atom is 0.249 e. The maximum absolute atomic E-state index is 11.6. The number of fused-ring (bicyclic) bond motifs is 1. The lowest BCUT2D eigenvalue weighted by atomic mass is 9.85. The smallest absolute Gasteiger partial charge is 0.249 e. The summed E-state index contributed by atoms with van der Waals surface area (Å²) in [6.07, 6.45) is 4.34. The predicted octanol–water partition coefficient (Wildman–Crippen LogP) is 2.17. The summed E-state index contributed by atoms with van der Waals surface area (Å²) in [6.45, 7) is 3.99. The van der Waals surface area contributed by atoms with Gasteiger partial charge < -0.3 is 16.0 Å². The van der Waals surface area contributed by atoms with E-state index in [2.05, 4.69) is 33.4 Å². The zero-order valence-electron chi connectivity index (χ0n) is 13.8. The van der Waals surface area contributed by atoms with Crippen molar-refractivity contribution in [2.45, 2.75) is 32.0 Å². The molecule has 4 rings (SSSR count). The van der Waals surface area contributed by atoms with Gasteiger partial charge in [0.2, 0.25) is 5.91 Å². The molecule has 0 aliphatic carbocycles. The summed E-state index contributed by atoms with van der Waals surface area (Å²) in [6, 6.07) is 10.5. The van der Waals surface area contributed by atoms with E-state index >= 15 is 0 Å². The van der Waals surface area contributed by atoms with E-state index in [1.54, 1.807) is 0 Å². The number of piperidine rings is 1. The molecule has 1 saturated heterocycles. The molecule has 1 aromatic carbocycles. The number of likely N-dealkylation sites (tertiary alicyclic amines) is 1. The molecule has 5 nitrogen and oxygen atoms in total. The number of carbonyl (C=O) groups excluding carboxylic acids is 1. The average molecular weight is 324 g/mol. The Morgan fingerprint density at radius 1 is 1.21 bits per heavy atom. The normalized spacial score (nSPS) is 21.8. The first-order valence-electron chi connectivity index (χ1n) is 8.72. The third kappa shape index (κ3) is 2.85. The first-order valence-corrected chi connectivity index (χ1v) is 8.72. The average Bonchev–Trinajstić information content (AvgIpc) is 3.24. The molecule has 1 amide bonds. The van der Waals surface area contributed by atoms with Crippen molar-refractivity contribution < 1.29 is 4.79 Å². The molecular weight excluding hydrogens is 300 g/mol. The molecule has 1 atom stereocenters. The van der Waals surface area contributed by atoms with Crippen LogP contribution in [0.15, 0.2) is 36.5 Å². The topological polar surface area (TPSA) is 74.2 Å². The Kier molecular flexibility index (Phi) is 4.12. The maximum atomic E-state index is 11.6. The van der Waals surface area contributed by atoms with Crippen LogP contribution in [-0.2, 0) is 13.1 Å². The lowest BCUT2D eigenvalue weighted by Gasteiger charge is -2.35. The van der Waals surface area contributed by atoms with Crippen molar-refractivity contribution in [1.82, 2.24) is 15.2 Å². The molecule has 126 valence electrons. The fourth-order valence-corrected chi connectivity index (χ4v) is 4.22. The van der Waals surface area contributed by atoms with Crippen LogP contribution in [-0.4, -0.2) is 28.9 Å². The number of rotatable bonds is 4. The number of nitrogens with zero attached hydrogens (tertiary/aromatic N) is 1. The number of aromatic nitrogens is 1. The van der Waals surface area contributed by atoms with Gasteiger partial charge in [0.05, 0.1) is 0 Å². The number of aromatic amines is 1. The van der Waals surface area contributed by atoms with Crippen LogP contribution in [0.3, 0.4) is 0 Å². The molecule has 1 unspecified atom stereocenters. The number of amides is 1. The van der Waals surface area contributed by atoms with Crippen LogP contribution in [0.25, 0.3) is 0 Å². The molecule has 2 aromatic rings. The molecule has 0 spiro atoms. The molecule has 0 bridgehead atoms.